The highest BCUT2D eigenvalue weighted by Crippen LogP contribution is 2.09. The van der Waals surface area contributed by atoms with Crippen molar-refractivity contribution in [3.8, 4) is 0 Å². The van der Waals surface area contributed by atoms with Crippen molar-refractivity contribution in [3.05, 3.63) is 0 Å². The molecule has 0 aliphatic carbocycles. The van der Waals surface area contributed by atoms with Crippen molar-refractivity contribution in [2.45, 2.75) is 51.9 Å². The largest absolute Gasteiger partial charge is 0.378 e. The Bertz CT molecular complexity index is 132. The van der Waals surface area contributed by atoms with E-state index in [-0.39, 0.29) is 6.29 Å². The van der Waals surface area contributed by atoms with Crippen LogP contribution in [-0.4, -0.2) is 32.2 Å². The van der Waals surface area contributed by atoms with Crippen molar-refractivity contribution >= 4 is 0 Å². The lowest BCUT2D eigenvalue weighted by molar-refractivity contribution is -0.187. The molecule has 0 aromatic rings. The quantitative estimate of drug-likeness (QED) is 0.661. The van der Waals surface area contributed by atoms with Gasteiger partial charge in [0.05, 0.1) is 25.9 Å². The van der Waals surface area contributed by atoms with Crippen LogP contribution in [0.15, 0.2) is 0 Å². The van der Waals surface area contributed by atoms with Gasteiger partial charge in [-0.1, -0.05) is 13.3 Å². The van der Waals surface area contributed by atoms with E-state index in [1.807, 2.05) is 0 Å². The summed E-state index contributed by atoms with van der Waals surface area (Å²) in [7, 11) is 0. The monoisotopic (exact) mass is 202 g/mol. The Kier molecular flexibility index (Phi) is 6.15. The summed E-state index contributed by atoms with van der Waals surface area (Å²) in [6, 6.07) is 0. The Balaban J connectivity index is 1.96. The summed E-state index contributed by atoms with van der Waals surface area (Å²) in [6.07, 6.45) is 4.52. The third kappa shape index (κ3) is 4.94. The van der Waals surface area contributed by atoms with Gasteiger partial charge >= 0.3 is 0 Å². The zero-order valence-corrected chi connectivity index (χ0v) is 9.33. The summed E-state index contributed by atoms with van der Waals surface area (Å²) < 4.78 is 16.5. The summed E-state index contributed by atoms with van der Waals surface area (Å²) in [5.41, 5.74) is 0. The molecule has 0 saturated carbocycles. The first-order valence-corrected chi connectivity index (χ1v) is 5.67. The van der Waals surface area contributed by atoms with Gasteiger partial charge in [-0.25, -0.2) is 0 Å². The minimum absolute atomic E-state index is 0.0300. The third-order valence-electron chi connectivity index (χ3n) is 2.35. The van der Waals surface area contributed by atoms with Gasteiger partial charge in [0.25, 0.3) is 0 Å². The standard InChI is InChI=1S/C11H22O3/c1-3-5-10(2)12-9-6-11-13-7-4-8-14-11/h10-11H,3-9H2,1-2H3. The second kappa shape index (κ2) is 7.21. The third-order valence-corrected chi connectivity index (χ3v) is 2.35. The van der Waals surface area contributed by atoms with Crippen molar-refractivity contribution < 1.29 is 14.2 Å². The van der Waals surface area contributed by atoms with E-state index in [9.17, 15) is 0 Å². The first kappa shape index (κ1) is 12.0. The maximum atomic E-state index is 5.63. The molecule has 0 aromatic carbocycles. The van der Waals surface area contributed by atoms with Crippen LogP contribution in [0, 0.1) is 0 Å². The highest BCUT2D eigenvalue weighted by molar-refractivity contribution is 4.53. The molecule has 1 rings (SSSR count). The van der Waals surface area contributed by atoms with Crippen LogP contribution in [0.5, 0.6) is 0 Å². The van der Waals surface area contributed by atoms with E-state index in [2.05, 4.69) is 13.8 Å². The maximum Gasteiger partial charge on any atom is 0.159 e. The van der Waals surface area contributed by atoms with Crippen LogP contribution < -0.4 is 0 Å². The molecule has 3 heteroatoms. The Morgan fingerprint density at radius 3 is 2.71 bits per heavy atom. The Labute approximate surface area is 86.7 Å². The molecule has 0 bridgehead atoms. The normalized spacial score (nSPS) is 21.0. The van der Waals surface area contributed by atoms with Crippen LogP contribution >= 0.6 is 0 Å². The fourth-order valence-corrected chi connectivity index (χ4v) is 1.56. The second-order valence-electron chi connectivity index (χ2n) is 3.78. The average molecular weight is 202 g/mol. The molecule has 84 valence electrons. The minimum atomic E-state index is -0.0300. The highest BCUT2D eigenvalue weighted by Gasteiger charge is 2.14. The lowest BCUT2D eigenvalue weighted by atomic mass is 10.2. The van der Waals surface area contributed by atoms with Gasteiger partial charge in [0.1, 0.15) is 0 Å². The molecule has 0 spiro atoms. The zero-order chi connectivity index (χ0) is 10.2. The first-order chi connectivity index (χ1) is 6.83. The van der Waals surface area contributed by atoms with Gasteiger partial charge in [0.2, 0.25) is 0 Å². The van der Waals surface area contributed by atoms with E-state index in [1.54, 1.807) is 0 Å². The smallest absolute Gasteiger partial charge is 0.159 e. The molecule has 1 atom stereocenters. The predicted octanol–water partition coefficient (Wildman–Crippen LogP) is 2.34. The Morgan fingerprint density at radius 2 is 2.07 bits per heavy atom. The summed E-state index contributed by atoms with van der Waals surface area (Å²) in [6.45, 7) is 6.69. The van der Waals surface area contributed by atoms with Crippen molar-refractivity contribution in [2.75, 3.05) is 19.8 Å². The molecule has 0 aromatic heterocycles. The van der Waals surface area contributed by atoms with Gasteiger partial charge in [-0.3, -0.25) is 0 Å². The Morgan fingerprint density at radius 1 is 1.36 bits per heavy atom. The fraction of sp³-hybridized carbons (Fsp3) is 1.00. The van der Waals surface area contributed by atoms with Crippen LogP contribution in [0.4, 0.5) is 0 Å². The van der Waals surface area contributed by atoms with Gasteiger partial charge < -0.3 is 14.2 Å². The zero-order valence-electron chi connectivity index (χ0n) is 9.33. The predicted molar refractivity (Wildman–Crippen MR) is 55.2 cm³/mol. The lowest BCUT2D eigenvalue weighted by Crippen LogP contribution is -2.26. The molecule has 0 N–H and O–H groups in total. The summed E-state index contributed by atoms with van der Waals surface area (Å²) in [5.74, 6) is 0. The molecule has 1 fully saturated rings. The van der Waals surface area contributed by atoms with E-state index in [0.717, 1.165) is 39.1 Å². The van der Waals surface area contributed by atoms with Gasteiger partial charge in [-0.2, -0.15) is 0 Å². The van der Waals surface area contributed by atoms with E-state index in [4.69, 9.17) is 14.2 Å². The molecule has 1 aliphatic heterocycles. The Hall–Kier alpha value is -0.120. The molecule has 1 aliphatic rings. The van der Waals surface area contributed by atoms with Crippen molar-refractivity contribution in [3.63, 3.8) is 0 Å². The maximum absolute atomic E-state index is 5.63. The van der Waals surface area contributed by atoms with Crippen LogP contribution in [-0.2, 0) is 14.2 Å². The van der Waals surface area contributed by atoms with Crippen molar-refractivity contribution in [1.82, 2.24) is 0 Å². The van der Waals surface area contributed by atoms with Gasteiger partial charge in [0, 0.05) is 6.42 Å². The van der Waals surface area contributed by atoms with E-state index in [1.165, 1.54) is 6.42 Å². The van der Waals surface area contributed by atoms with Crippen LogP contribution in [0.3, 0.4) is 0 Å². The molecule has 1 heterocycles. The molecular weight excluding hydrogens is 180 g/mol. The molecule has 3 nitrogen and oxygen atoms in total. The molecule has 1 saturated heterocycles. The topological polar surface area (TPSA) is 27.7 Å². The minimum Gasteiger partial charge on any atom is -0.378 e. The van der Waals surface area contributed by atoms with Gasteiger partial charge in [0.15, 0.2) is 6.29 Å². The fourth-order valence-electron chi connectivity index (χ4n) is 1.56. The number of hydrogen-bond acceptors (Lipinski definition) is 3. The SMILES string of the molecule is CCCC(C)OCCC1OCCCO1. The molecule has 1 unspecified atom stereocenters. The number of hydrogen-bond donors (Lipinski definition) is 0. The molecule has 0 radical (unpaired) electrons. The first-order valence-electron chi connectivity index (χ1n) is 5.67. The molecule has 0 amide bonds. The summed E-state index contributed by atoms with van der Waals surface area (Å²) in [5, 5.41) is 0. The van der Waals surface area contributed by atoms with Gasteiger partial charge in [-0.15, -0.1) is 0 Å². The van der Waals surface area contributed by atoms with Crippen molar-refractivity contribution in [2.24, 2.45) is 0 Å². The molecular formula is C11H22O3. The second-order valence-corrected chi connectivity index (χ2v) is 3.78. The van der Waals surface area contributed by atoms with Crippen LogP contribution in [0.25, 0.3) is 0 Å². The molecule has 14 heavy (non-hydrogen) atoms. The van der Waals surface area contributed by atoms with Gasteiger partial charge in [-0.05, 0) is 19.8 Å². The average Bonchev–Trinajstić information content (AvgIpc) is 2.20. The highest BCUT2D eigenvalue weighted by atomic mass is 16.7. The number of ether oxygens (including phenoxy) is 3. The van der Waals surface area contributed by atoms with E-state index in [0.29, 0.717) is 6.10 Å². The van der Waals surface area contributed by atoms with E-state index >= 15 is 0 Å². The van der Waals surface area contributed by atoms with Crippen LogP contribution in [0.1, 0.15) is 39.5 Å². The van der Waals surface area contributed by atoms with E-state index < -0.39 is 0 Å². The number of rotatable bonds is 6. The van der Waals surface area contributed by atoms with Crippen molar-refractivity contribution in [1.29, 1.82) is 0 Å². The summed E-state index contributed by atoms with van der Waals surface area (Å²) >= 11 is 0. The summed E-state index contributed by atoms with van der Waals surface area (Å²) in [4.78, 5) is 0. The van der Waals surface area contributed by atoms with Crippen LogP contribution in [0.2, 0.25) is 0 Å². The lowest BCUT2D eigenvalue weighted by Gasteiger charge is -2.23.